The summed E-state index contributed by atoms with van der Waals surface area (Å²) in [6.07, 6.45) is 3.25. The van der Waals surface area contributed by atoms with Gasteiger partial charge < -0.3 is 14.3 Å². The summed E-state index contributed by atoms with van der Waals surface area (Å²) in [4.78, 5) is 28.5. The molecule has 6 nitrogen and oxygen atoms in total. The highest BCUT2D eigenvalue weighted by Crippen LogP contribution is 2.37. The smallest absolute Gasteiger partial charge is 0.303 e. The Bertz CT molecular complexity index is 1410. The Balaban J connectivity index is 1.23. The first kappa shape index (κ1) is 24.5. The van der Waals surface area contributed by atoms with Gasteiger partial charge in [0, 0.05) is 29.5 Å². The maximum atomic E-state index is 12.7. The van der Waals surface area contributed by atoms with Gasteiger partial charge in [-0.3, -0.25) is 9.59 Å². The summed E-state index contributed by atoms with van der Waals surface area (Å²) in [5.74, 6) is 1.47. The van der Waals surface area contributed by atoms with Gasteiger partial charge in [-0.25, -0.2) is 4.98 Å². The van der Waals surface area contributed by atoms with Crippen LogP contribution < -0.4 is 4.74 Å². The minimum atomic E-state index is -0.756. The Morgan fingerprint density at radius 2 is 1.78 bits per heavy atom. The van der Waals surface area contributed by atoms with Crippen LogP contribution in [-0.4, -0.2) is 28.4 Å². The van der Waals surface area contributed by atoms with Gasteiger partial charge in [0.2, 0.25) is 5.89 Å². The van der Waals surface area contributed by atoms with Crippen LogP contribution in [0, 0.1) is 0 Å². The molecule has 0 aliphatic heterocycles. The summed E-state index contributed by atoms with van der Waals surface area (Å²) >= 11 is 0. The maximum absolute atomic E-state index is 12.7. The van der Waals surface area contributed by atoms with Gasteiger partial charge in [0.25, 0.3) is 0 Å². The van der Waals surface area contributed by atoms with E-state index in [4.69, 9.17) is 19.2 Å². The van der Waals surface area contributed by atoms with E-state index in [1.54, 1.807) is 12.1 Å². The summed E-state index contributed by atoms with van der Waals surface area (Å²) < 4.78 is 12.1. The minimum absolute atomic E-state index is 0.0180. The molecule has 0 saturated carbocycles. The number of benzene rings is 3. The predicted molar refractivity (Wildman–Crippen MR) is 140 cm³/mol. The van der Waals surface area contributed by atoms with Gasteiger partial charge >= 0.3 is 5.97 Å². The third-order valence-electron chi connectivity index (χ3n) is 6.87. The molecular formula is C31H29NO5. The van der Waals surface area contributed by atoms with Crippen molar-refractivity contribution in [2.45, 2.75) is 44.9 Å². The fourth-order valence-electron chi connectivity index (χ4n) is 4.96. The number of ether oxygens (including phenoxy) is 1. The van der Waals surface area contributed by atoms with Crippen molar-refractivity contribution in [1.29, 1.82) is 0 Å². The first-order valence-electron chi connectivity index (χ1n) is 12.7. The van der Waals surface area contributed by atoms with Crippen molar-refractivity contribution in [2.75, 3.05) is 6.61 Å². The molecule has 0 fully saturated rings. The maximum Gasteiger partial charge on any atom is 0.303 e. The fourth-order valence-corrected chi connectivity index (χ4v) is 4.96. The van der Waals surface area contributed by atoms with Crippen molar-refractivity contribution in [3.05, 3.63) is 107 Å². The van der Waals surface area contributed by atoms with E-state index in [1.165, 1.54) is 5.56 Å². The summed E-state index contributed by atoms with van der Waals surface area (Å²) in [6.45, 7) is 2.49. The molecule has 188 valence electrons. The second kappa shape index (κ2) is 10.8. The third-order valence-corrected chi connectivity index (χ3v) is 6.87. The molecule has 1 aliphatic rings. The first-order chi connectivity index (χ1) is 18.0. The summed E-state index contributed by atoms with van der Waals surface area (Å²) in [6, 6.07) is 22.5. The molecule has 1 heterocycles. The van der Waals surface area contributed by atoms with Gasteiger partial charge in [-0.1, -0.05) is 55.5 Å². The average molecular weight is 496 g/mol. The molecule has 1 N–H and O–H groups in total. The monoisotopic (exact) mass is 495 g/mol. The van der Waals surface area contributed by atoms with Crippen LogP contribution in [0.15, 0.2) is 77.2 Å². The number of fused-ring (bicyclic) bond motifs is 1. The van der Waals surface area contributed by atoms with Gasteiger partial charge in [-0.05, 0) is 54.2 Å². The normalized spacial score (nSPS) is 14.4. The molecular weight excluding hydrogens is 466 g/mol. The number of rotatable bonds is 10. The zero-order valence-corrected chi connectivity index (χ0v) is 20.8. The van der Waals surface area contributed by atoms with Gasteiger partial charge in [0.1, 0.15) is 11.5 Å². The van der Waals surface area contributed by atoms with Crippen LogP contribution in [0.1, 0.15) is 64.2 Å². The quantitative estimate of drug-likeness (QED) is 0.261. The van der Waals surface area contributed by atoms with Crippen LogP contribution in [0.2, 0.25) is 0 Å². The number of oxazole rings is 1. The van der Waals surface area contributed by atoms with Crippen molar-refractivity contribution in [1.82, 2.24) is 4.98 Å². The molecule has 5 rings (SSSR count). The van der Waals surface area contributed by atoms with E-state index in [9.17, 15) is 9.59 Å². The van der Waals surface area contributed by atoms with E-state index in [0.717, 1.165) is 47.6 Å². The van der Waals surface area contributed by atoms with Crippen LogP contribution >= 0.6 is 0 Å². The summed E-state index contributed by atoms with van der Waals surface area (Å²) in [5, 5.41) is 9.12. The van der Waals surface area contributed by atoms with Crippen molar-refractivity contribution in [2.24, 2.45) is 0 Å². The number of carbonyl (C=O) groups excluding carboxylic acids is 1. The Labute approximate surface area is 215 Å². The SMILES string of the molecule is CCc1oc(-c2ccc(C(=O)c3ccccc3)cc2)nc1CCOc1ccc2c(c1)CC[C@@H]2CC(=O)O. The van der Waals surface area contributed by atoms with Gasteiger partial charge in [-0.15, -0.1) is 0 Å². The predicted octanol–water partition coefficient (Wildman–Crippen LogP) is 6.26. The highest BCUT2D eigenvalue weighted by Gasteiger charge is 2.25. The molecule has 4 aromatic rings. The van der Waals surface area contributed by atoms with Gasteiger partial charge in [-0.2, -0.15) is 0 Å². The van der Waals surface area contributed by atoms with Crippen molar-refractivity contribution in [3.63, 3.8) is 0 Å². The van der Waals surface area contributed by atoms with E-state index >= 15 is 0 Å². The van der Waals surface area contributed by atoms with Crippen LogP contribution in [0.3, 0.4) is 0 Å². The molecule has 0 unspecified atom stereocenters. The molecule has 3 aromatic carbocycles. The zero-order valence-electron chi connectivity index (χ0n) is 20.8. The van der Waals surface area contributed by atoms with Crippen LogP contribution in [0.25, 0.3) is 11.5 Å². The Morgan fingerprint density at radius 3 is 2.51 bits per heavy atom. The van der Waals surface area contributed by atoms with Crippen molar-refractivity contribution >= 4 is 11.8 Å². The van der Waals surface area contributed by atoms with Gasteiger partial charge in [0.15, 0.2) is 5.78 Å². The Hall–Kier alpha value is -4.19. The summed E-state index contributed by atoms with van der Waals surface area (Å²) in [7, 11) is 0. The number of hydrogen-bond acceptors (Lipinski definition) is 5. The number of carboxylic acid groups (broad SMARTS) is 1. The second-order valence-corrected chi connectivity index (χ2v) is 9.31. The molecule has 1 atom stereocenters. The number of aryl methyl sites for hydroxylation is 2. The van der Waals surface area contributed by atoms with Gasteiger partial charge in [0.05, 0.1) is 18.7 Å². The first-order valence-corrected chi connectivity index (χ1v) is 12.7. The molecule has 1 aliphatic carbocycles. The van der Waals surface area contributed by atoms with Crippen molar-refractivity contribution in [3.8, 4) is 17.2 Å². The van der Waals surface area contributed by atoms with Crippen molar-refractivity contribution < 1.29 is 23.8 Å². The molecule has 0 radical (unpaired) electrons. The molecule has 0 spiro atoms. The fraction of sp³-hybridized carbons (Fsp3) is 0.258. The standard InChI is InChI=1S/C31H29NO5/c1-2-28-27(16-17-36-25-14-15-26-23(18-25)12-13-24(26)19-29(33)34)32-31(37-28)22-10-8-21(9-11-22)30(35)20-6-4-3-5-7-20/h3-11,14-15,18,24H,2,12-13,16-17,19H2,1H3,(H,33,34)/t24-/m1/s1. The van der Waals surface area contributed by atoms with Crippen LogP contribution in [0.4, 0.5) is 0 Å². The number of aromatic nitrogens is 1. The Morgan fingerprint density at radius 1 is 1.03 bits per heavy atom. The van der Waals surface area contributed by atoms with Crippen LogP contribution in [-0.2, 0) is 24.1 Å². The zero-order chi connectivity index (χ0) is 25.8. The highest BCUT2D eigenvalue weighted by molar-refractivity contribution is 6.09. The van der Waals surface area contributed by atoms with E-state index < -0.39 is 5.97 Å². The number of hydrogen-bond donors (Lipinski definition) is 1. The topological polar surface area (TPSA) is 89.6 Å². The third kappa shape index (κ3) is 5.48. The van der Waals surface area contributed by atoms with E-state index in [-0.39, 0.29) is 18.1 Å². The lowest BCUT2D eigenvalue weighted by atomic mass is 9.98. The lowest BCUT2D eigenvalue weighted by Crippen LogP contribution is -2.05. The second-order valence-electron chi connectivity index (χ2n) is 9.31. The van der Waals surface area contributed by atoms with Crippen LogP contribution in [0.5, 0.6) is 5.75 Å². The summed E-state index contributed by atoms with van der Waals surface area (Å²) in [5.41, 5.74) is 5.27. The molecule has 6 heteroatoms. The minimum Gasteiger partial charge on any atom is -0.493 e. The molecule has 0 amide bonds. The number of ketones is 1. The number of carbonyl (C=O) groups is 2. The number of aliphatic carboxylic acids is 1. The molecule has 37 heavy (non-hydrogen) atoms. The molecule has 1 aromatic heterocycles. The number of carboxylic acids is 1. The Kier molecular flexibility index (Phi) is 7.17. The lowest BCUT2D eigenvalue weighted by Gasteiger charge is -2.10. The largest absolute Gasteiger partial charge is 0.493 e. The molecule has 0 bridgehead atoms. The van der Waals surface area contributed by atoms with E-state index in [1.807, 2.05) is 67.6 Å². The molecule has 0 saturated heterocycles. The highest BCUT2D eigenvalue weighted by atomic mass is 16.5. The average Bonchev–Trinajstić information content (AvgIpc) is 3.52. The lowest BCUT2D eigenvalue weighted by molar-refractivity contribution is -0.137. The van der Waals surface area contributed by atoms with E-state index in [2.05, 4.69) is 0 Å². The van der Waals surface area contributed by atoms with E-state index in [0.29, 0.717) is 30.0 Å². The number of nitrogens with zero attached hydrogens (tertiary/aromatic N) is 1.